The van der Waals surface area contributed by atoms with Gasteiger partial charge in [-0.25, -0.2) is 0 Å². The Hall–Kier alpha value is -0.753. The molecule has 1 aromatic rings. The van der Waals surface area contributed by atoms with Gasteiger partial charge >= 0.3 is 8.80 Å². The van der Waals surface area contributed by atoms with Crippen LogP contribution in [0.15, 0.2) is 24.4 Å². The van der Waals surface area contributed by atoms with E-state index in [1.807, 2.05) is 18.2 Å². The minimum Gasteiger partial charge on any atom is -0.376 e. The highest BCUT2D eigenvalue weighted by atomic mass is 28.4. The summed E-state index contributed by atoms with van der Waals surface area (Å²) in [5.41, 5.74) is 1.04. The minimum atomic E-state index is -2.65. The van der Waals surface area contributed by atoms with Gasteiger partial charge in [-0.15, -0.1) is 0 Å². The van der Waals surface area contributed by atoms with E-state index in [1.165, 1.54) is 0 Å². The summed E-state index contributed by atoms with van der Waals surface area (Å²) in [6.07, 6.45) is 2.65. The first-order chi connectivity index (χ1) is 7.74. The van der Waals surface area contributed by atoms with E-state index in [4.69, 9.17) is 13.3 Å². The fraction of sp³-hybridized carbons (Fsp3) is 0.545. The fourth-order valence-corrected chi connectivity index (χ4v) is 4.29. The van der Waals surface area contributed by atoms with Gasteiger partial charge < -0.3 is 13.3 Å². The molecule has 0 radical (unpaired) electrons. The van der Waals surface area contributed by atoms with E-state index < -0.39 is 8.80 Å². The highest BCUT2D eigenvalue weighted by Crippen LogP contribution is 2.30. The van der Waals surface area contributed by atoms with Crippen molar-refractivity contribution >= 4 is 8.80 Å². The average Bonchev–Trinajstić information content (AvgIpc) is 2.37. The van der Waals surface area contributed by atoms with E-state index in [-0.39, 0.29) is 5.54 Å². The SMILES string of the molecule is CCC(c1ccccn1)[Si](OC)(OC)OC. The lowest BCUT2D eigenvalue weighted by molar-refractivity contribution is 0.111. The topological polar surface area (TPSA) is 40.6 Å². The fourth-order valence-electron chi connectivity index (χ4n) is 1.90. The largest absolute Gasteiger partial charge is 0.509 e. The van der Waals surface area contributed by atoms with Crippen molar-refractivity contribution in [3.8, 4) is 0 Å². The third-order valence-corrected chi connectivity index (χ3v) is 6.00. The van der Waals surface area contributed by atoms with Crippen LogP contribution in [0.2, 0.25) is 0 Å². The Bertz CT molecular complexity index is 295. The van der Waals surface area contributed by atoms with Gasteiger partial charge in [-0.3, -0.25) is 4.98 Å². The van der Waals surface area contributed by atoms with Crippen LogP contribution in [0.5, 0.6) is 0 Å². The number of pyridine rings is 1. The standard InChI is InChI=1S/C11H19NO3Si/c1-5-11(10-8-6-7-9-12-10)16(13-2,14-3)15-4/h6-9,11H,5H2,1-4H3. The van der Waals surface area contributed by atoms with Crippen molar-refractivity contribution in [2.24, 2.45) is 0 Å². The molecule has 1 aromatic heterocycles. The molecule has 0 saturated heterocycles. The molecular formula is C11H19NO3Si. The molecular weight excluding hydrogens is 222 g/mol. The van der Waals surface area contributed by atoms with Crippen LogP contribution in [0.4, 0.5) is 0 Å². The molecule has 0 aromatic carbocycles. The zero-order valence-corrected chi connectivity index (χ0v) is 11.3. The number of nitrogens with zero attached hydrogens (tertiary/aromatic N) is 1. The van der Waals surface area contributed by atoms with Crippen molar-refractivity contribution in [1.82, 2.24) is 4.98 Å². The number of hydrogen-bond donors (Lipinski definition) is 0. The van der Waals surface area contributed by atoms with Crippen LogP contribution in [0.3, 0.4) is 0 Å². The molecule has 0 bridgehead atoms. The van der Waals surface area contributed by atoms with Crippen molar-refractivity contribution in [3.05, 3.63) is 30.1 Å². The second kappa shape index (κ2) is 6.10. The van der Waals surface area contributed by atoms with Crippen LogP contribution >= 0.6 is 0 Å². The molecule has 0 N–H and O–H groups in total. The predicted octanol–water partition coefficient (Wildman–Crippen LogP) is 1.99. The molecule has 0 spiro atoms. The zero-order chi connectivity index (χ0) is 12.0. The van der Waals surface area contributed by atoms with Crippen LogP contribution in [-0.4, -0.2) is 35.1 Å². The maximum absolute atomic E-state index is 5.50. The van der Waals surface area contributed by atoms with Crippen LogP contribution in [-0.2, 0) is 13.3 Å². The molecule has 1 rings (SSSR count). The van der Waals surface area contributed by atoms with Crippen molar-refractivity contribution in [2.75, 3.05) is 21.3 Å². The van der Waals surface area contributed by atoms with Crippen LogP contribution in [0.25, 0.3) is 0 Å². The summed E-state index contributed by atoms with van der Waals surface area (Å²) in [6.45, 7) is 2.08. The maximum Gasteiger partial charge on any atom is 0.509 e. The van der Waals surface area contributed by atoms with E-state index in [2.05, 4.69) is 11.9 Å². The summed E-state index contributed by atoms with van der Waals surface area (Å²) in [7, 11) is 2.24. The van der Waals surface area contributed by atoms with Gasteiger partial charge in [-0.2, -0.15) is 0 Å². The molecule has 0 amide bonds. The van der Waals surface area contributed by atoms with E-state index in [0.29, 0.717) is 0 Å². The lowest BCUT2D eigenvalue weighted by atomic mass is 10.2. The van der Waals surface area contributed by atoms with E-state index >= 15 is 0 Å². The van der Waals surface area contributed by atoms with Gasteiger partial charge in [0.2, 0.25) is 0 Å². The summed E-state index contributed by atoms with van der Waals surface area (Å²) in [5.74, 6) is 0. The van der Waals surface area contributed by atoms with Crippen LogP contribution in [0.1, 0.15) is 24.6 Å². The third kappa shape index (κ3) is 2.49. The second-order valence-corrected chi connectivity index (χ2v) is 6.56. The lowest BCUT2D eigenvalue weighted by Crippen LogP contribution is -2.49. The molecule has 0 aliphatic heterocycles. The average molecular weight is 241 g/mol. The molecule has 0 aliphatic rings. The van der Waals surface area contributed by atoms with E-state index in [9.17, 15) is 0 Å². The Morgan fingerprint density at radius 1 is 1.19 bits per heavy atom. The first kappa shape index (κ1) is 13.3. The van der Waals surface area contributed by atoms with Gasteiger partial charge in [-0.05, 0) is 18.6 Å². The first-order valence-electron chi connectivity index (χ1n) is 5.30. The van der Waals surface area contributed by atoms with Crippen LogP contribution < -0.4 is 0 Å². The summed E-state index contributed by atoms with van der Waals surface area (Å²) in [5, 5.41) is 0. The lowest BCUT2D eigenvalue weighted by Gasteiger charge is -2.31. The molecule has 1 unspecified atom stereocenters. The number of hydrogen-bond acceptors (Lipinski definition) is 4. The first-order valence-corrected chi connectivity index (χ1v) is 7.10. The monoisotopic (exact) mass is 241 g/mol. The van der Waals surface area contributed by atoms with Gasteiger partial charge in [0, 0.05) is 33.2 Å². The molecule has 0 saturated carbocycles. The number of rotatable bonds is 6. The Morgan fingerprint density at radius 2 is 1.81 bits per heavy atom. The molecule has 1 atom stereocenters. The van der Waals surface area contributed by atoms with E-state index in [0.717, 1.165) is 12.1 Å². The summed E-state index contributed by atoms with van der Waals surface area (Å²) < 4.78 is 16.5. The van der Waals surface area contributed by atoms with Crippen molar-refractivity contribution < 1.29 is 13.3 Å². The molecule has 90 valence electrons. The zero-order valence-electron chi connectivity index (χ0n) is 10.3. The van der Waals surface area contributed by atoms with Gasteiger partial charge in [0.1, 0.15) is 0 Å². The normalized spacial score (nSPS) is 13.8. The molecule has 0 fully saturated rings. The van der Waals surface area contributed by atoms with Gasteiger partial charge in [-0.1, -0.05) is 13.0 Å². The summed E-state index contributed by atoms with van der Waals surface area (Å²) in [6, 6.07) is 5.84. The number of aromatic nitrogens is 1. The van der Waals surface area contributed by atoms with Crippen LogP contribution in [0, 0.1) is 0 Å². The quantitative estimate of drug-likeness (QED) is 0.714. The maximum atomic E-state index is 5.50. The van der Waals surface area contributed by atoms with Gasteiger partial charge in [0.25, 0.3) is 0 Å². The Kier molecular flexibility index (Phi) is 5.07. The third-order valence-electron chi connectivity index (χ3n) is 2.73. The molecule has 4 nitrogen and oxygen atoms in total. The summed E-state index contributed by atoms with van der Waals surface area (Å²) in [4.78, 5) is 4.35. The Balaban J connectivity index is 3.05. The van der Waals surface area contributed by atoms with Crippen molar-refractivity contribution in [2.45, 2.75) is 18.9 Å². The molecule has 1 heterocycles. The highest BCUT2D eigenvalue weighted by molar-refractivity contribution is 6.62. The molecule has 0 aliphatic carbocycles. The minimum absolute atomic E-state index is 0.0775. The Labute approximate surface area is 97.9 Å². The van der Waals surface area contributed by atoms with Gasteiger partial charge in [0.15, 0.2) is 0 Å². The van der Waals surface area contributed by atoms with Gasteiger partial charge in [0.05, 0.1) is 5.54 Å². The summed E-state index contributed by atoms with van der Waals surface area (Å²) >= 11 is 0. The smallest absolute Gasteiger partial charge is 0.376 e. The molecule has 5 heteroatoms. The Morgan fingerprint density at radius 3 is 2.19 bits per heavy atom. The van der Waals surface area contributed by atoms with E-state index in [1.54, 1.807) is 27.5 Å². The molecule has 16 heavy (non-hydrogen) atoms. The highest BCUT2D eigenvalue weighted by Gasteiger charge is 2.47. The van der Waals surface area contributed by atoms with Crippen molar-refractivity contribution in [3.63, 3.8) is 0 Å². The predicted molar refractivity (Wildman–Crippen MR) is 64.1 cm³/mol. The van der Waals surface area contributed by atoms with Crippen molar-refractivity contribution in [1.29, 1.82) is 0 Å². The second-order valence-electron chi connectivity index (χ2n) is 3.43.